The maximum absolute atomic E-state index is 6.21. The van der Waals surface area contributed by atoms with Crippen LogP contribution in [0, 0.1) is 0 Å². The Bertz CT molecular complexity index is 694. The molecule has 1 aromatic carbocycles. The minimum Gasteiger partial charge on any atom is -0.390 e. The van der Waals surface area contributed by atoms with Crippen LogP contribution in [-0.4, -0.2) is 4.98 Å². The van der Waals surface area contributed by atoms with E-state index < -0.39 is 0 Å². The lowest BCUT2D eigenvalue weighted by molar-refractivity contribution is 0.670. The summed E-state index contributed by atoms with van der Waals surface area (Å²) in [6.45, 7) is 2.24. The van der Waals surface area contributed by atoms with Crippen LogP contribution < -0.4 is 5.73 Å². The molecule has 0 saturated carbocycles. The summed E-state index contributed by atoms with van der Waals surface area (Å²) < 4.78 is 1.22. The monoisotopic (exact) mass is 316 g/mol. The highest BCUT2D eigenvalue weighted by Gasteiger charge is 2.12. The zero-order valence-corrected chi connectivity index (χ0v) is 13.9. The van der Waals surface area contributed by atoms with Crippen molar-refractivity contribution in [1.82, 2.24) is 4.98 Å². The normalized spacial score (nSPS) is 11.3. The molecule has 4 heteroatoms. The molecule has 0 spiro atoms. The van der Waals surface area contributed by atoms with Crippen LogP contribution in [0.25, 0.3) is 20.8 Å². The minimum atomic E-state index is 0.902. The zero-order chi connectivity index (χ0) is 14.7. The number of thiophene rings is 1. The molecule has 3 aromatic rings. The number of para-hydroxylation sites is 1. The van der Waals surface area contributed by atoms with Gasteiger partial charge < -0.3 is 5.73 Å². The Morgan fingerprint density at radius 3 is 2.76 bits per heavy atom. The van der Waals surface area contributed by atoms with Gasteiger partial charge in [0.15, 0.2) is 0 Å². The lowest BCUT2D eigenvalue weighted by Crippen LogP contribution is -1.82. The topological polar surface area (TPSA) is 38.9 Å². The van der Waals surface area contributed by atoms with E-state index in [-0.39, 0.29) is 0 Å². The standard InChI is InChI=1S/C17H20N2S2/c1-2-3-4-5-8-12-11-13(16(18)20-12)17-19-14-9-6-7-10-15(14)21-17/h6-7,9-11H,2-5,8,18H2,1H3. The van der Waals surface area contributed by atoms with Crippen molar-refractivity contribution in [3.8, 4) is 10.6 Å². The molecule has 0 aliphatic heterocycles. The molecule has 0 radical (unpaired) electrons. The van der Waals surface area contributed by atoms with Gasteiger partial charge >= 0.3 is 0 Å². The van der Waals surface area contributed by atoms with Crippen molar-refractivity contribution in [2.45, 2.75) is 39.0 Å². The van der Waals surface area contributed by atoms with Gasteiger partial charge in [0.05, 0.1) is 15.2 Å². The van der Waals surface area contributed by atoms with Crippen LogP contribution in [0.1, 0.15) is 37.5 Å². The van der Waals surface area contributed by atoms with Crippen LogP contribution in [-0.2, 0) is 6.42 Å². The van der Waals surface area contributed by atoms with Crippen molar-refractivity contribution in [3.05, 3.63) is 35.2 Å². The lowest BCUT2D eigenvalue weighted by atomic mass is 10.1. The van der Waals surface area contributed by atoms with E-state index in [2.05, 4.69) is 31.2 Å². The molecule has 0 saturated heterocycles. The lowest BCUT2D eigenvalue weighted by Gasteiger charge is -1.96. The van der Waals surface area contributed by atoms with E-state index in [0.717, 1.165) is 27.5 Å². The van der Waals surface area contributed by atoms with Gasteiger partial charge in [-0.1, -0.05) is 38.3 Å². The predicted octanol–water partition coefficient (Wildman–Crippen LogP) is 5.73. The van der Waals surface area contributed by atoms with E-state index >= 15 is 0 Å². The molecule has 0 unspecified atom stereocenters. The summed E-state index contributed by atoms with van der Waals surface area (Å²) in [5.41, 5.74) is 8.39. The number of aromatic nitrogens is 1. The van der Waals surface area contributed by atoms with Crippen molar-refractivity contribution in [1.29, 1.82) is 0 Å². The molecule has 2 N–H and O–H groups in total. The average molecular weight is 316 g/mol. The van der Waals surface area contributed by atoms with Crippen LogP contribution in [0.15, 0.2) is 30.3 Å². The molecule has 0 bridgehead atoms. The average Bonchev–Trinajstić information content (AvgIpc) is 3.06. The van der Waals surface area contributed by atoms with Crippen molar-refractivity contribution < 1.29 is 0 Å². The van der Waals surface area contributed by atoms with Gasteiger partial charge in [0.2, 0.25) is 0 Å². The molecule has 2 nitrogen and oxygen atoms in total. The number of hydrogen-bond donors (Lipinski definition) is 1. The van der Waals surface area contributed by atoms with E-state index in [1.807, 2.05) is 6.07 Å². The van der Waals surface area contributed by atoms with Gasteiger partial charge in [-0.15, -0.1) is 22.7 Å². The highest BCUT2D eigenvalue weighted by Crippen LogP contribution is 2.38. The van der Waals surface area contributed by atoms with Crippen molar-refractivity contribution in [3.63, 3.8) is 0 Å². The third-order valence-electron chi connectivity index (χ3n) is 3.61. The maximum Gasteiger partial charge on any atom is 0.127 e. The highest BCUT2D eigenvalue weighted by molar-refractivity contribution is 7.22. The van der Waals surface area contributed by atoms with Crippen molar-refractivity contribution >= 4 is 37.9 Å². The van der Waals surface area contributed by atoms with Crippen LogP contribution in [0.2, 0.25) is 0 Å². The fourth-order valence-electron chi connectivity index (χ4n) is 2.46. The van der Waals surface area contributed by atoms with Crippen molar-refractivity contribution in [2.24, 2.45) is 0 Å². The number of nitrogens with two attached hydrogens (primary N) is 1. The van der Waals surface area contributed by atoms with Gasteiger partial charge in [-0.2, -0.15) is 0 Å². The molecule has 110 valence electrons. The van der Waals surface area contributed by atoms with Crippen LogP contribution in [0.4, 0.5) is 5.00 Å². The van der Waals surface area contributed by atoms with E-state index in [9.17, 15) is 0 Å². The van der Waals surface area contributed by atoms with Gasteiger partial charge in [-0.05, 0) is 31.0 Å². The minimum absolute atomic E-state index is 0.902. The summed E-state index contributed by atoms with van der Waals surface area (Å²) >= 11 is 3.45. The Balaban J connectivity index is 1.80. The van der Waals surface area contributed by atoms with Gasteiger partial charge in [0, 0.05) is 10.4 Å². The Kier molecular flexibility index (Phi) is 4.56. The second kappa shape index (κ2) is 6.58. The van der Waals surface area contributed by atoms with Gasteiger partial charge in [0.1, 0.15) is 5.01 Å². The predicted molar refractivity (Wildman–Crippen MR) is 95.2 cm³/mol. The first-order valence-electron chi connectivity index (χ1n) is 7.52. The van der Waals surface area contributed by atoms with Crippen molar-refractivity contribution in [2.75, 3.05) is 5.73 Å². The molecule has 0 aliphatic rings. The van der Waals surface area contributed by atoms with Gasteiger partial charge in [-0.25, -0.2) is 4.98 Å². The quantitative estimate of drug-likeness (QED) is 0.590. The third kappa shape index (κ3) is 3.27. The summed E-state index contributed by atoms with van der Waals surface area (Å²) in [6.07, 6.45) is 6.31. The third-order valence-corrected chi connectivity index (χ3v) is 5.71. The van der Waals surface area contributed by atoms with E-state index in [1.165, 1.54) is 35.3 Å². The molecule has 2 aromatic heterocycles. The fourth-order valence-corrected chi connectivity index (χ4v) is 4.49. The van der Waals surface area contributed by atoms with Crippen LogP contribution >= 0.6 is 22.7 Å². The number of fused-ring (bicyclic) bond motifs is 1. The summed E-state index contributed by atoms with van der Waals surface area (Å²) in [7, 11) is 0. The first-order valence-corrected chi connectivity index (χ1v) is 9.15. The molecular formula is C17H20N2S2. The largest absolute Gasteiger partial charge is 0.390 e. The number of benzene rings is 1. The number of nitrogen functional groups attached to an aromatic ring is 1. The first-order chi connectivity index (χ1) is 10.3. The smallest absolute Gasteiger partial charge is 0.127 e. The first kappa shape index (κ1) is 14.5. The van der Waals surface area contributed by atoms with E-state index in [0.29, 0.717) is 0 Å². The number of nitrogens with zero attached hydrogens (tertiary/aromatic N) is 1. The molecule has 3 rings (SSSR count). The Morgan fingerprint density at radius 2 is 1.95 bits per heavy atom. The molecule has 0 fully saturated rings. The zero-order valence-electron chi connectivity index (χ0n) is 12.3. The summed E-state index contributed by atoms with van der Waals surface area (Å²) in [5.74, 6) is 0. The number of hydrogen-bond acceptors (Lipinski definition) is 4. The molecule has 0 amide bonds. The fraction of sp³-hybridized carbons (Fsp3) is 0.353. The number of unbranched alkanes of at least 4 members (excludes halogenated alkanes) is 3. The van der Waals surface area contributed by atoms with Gasteiger partial charge in [-0.3, -0.25) is 0 Å². The van der Waals surface area contributed by atoms with Crippen LogP contribution in [0.5, 0.6) is 0 Å². The molecule has 2 heterocycles. The molecule has 21 heavy (non-hydrogen) atoms. The molecule has 0 atom stereocenters. The molecular weight excluding hydrogens is 296 g/mol. The second-order valence-electron chi connectivity index (χ2n) is 5.29. The Morgan fingerprint density at radius 1 is 1.10 bits per heavy atom. The SMILES string of the molecule is CCCCCCc1cc(-c2nc3ccccc3s2)c(N)s1. The summed E-state index contributed by atoms with van der Waals surface area (Å²) in [4.78, 5) is 6.10. The molecule has 0 aliphatic carbocycles. The highest BCUT2D eigenvalue weighted by atomic mass is 32.1. The number of rotatable bonds is 6. The van der Waals surface area contributed by atoms with Crippen LogP contribution in [0.3, 0.4) is 0 Å². The van der Waals surface area contributed by atoms with E-state index in [4.69, 9.17) is 10.7 Å². The Hall–Kier alpha value is -1.39. The summed E-state index contributed by atoms with van der Waals surface area (Å²) in [5, 5.41) is 1.95. The second-order valence-corrected chi connectivity index (χ2v) is 7.49. The Labute approximate surface area is 133 Å². The number of thiazole rings is 1. The maximum atomic E-state index is 6.21. The number of aryl methyl sites for hydroxylation is 1. The van der Waals surface area contributed by atoms with E-state index in [1.54, 1.807) is 22.7 Å². The summed E-state index contributed by atoms with van der Waals surface area (Å²) in [6, 6.07) is 10.5. The van der Waals surface area contributed by atoms with Gasteiger partial charge in [0.25, 0.3) is 0 Å². The number of anilines is 1.